The van der Waals surface area contributed by atoms with E-state index < -0.39 is 0 Å². The first-order valence-corrected chi connectivity index (χ1v) is 4.32. The Morgan fingerprint density at radius 3 is 2.40 bits per heavy atom. The number of nitrogens with zero attached hydrogens (tertiary/aromatic N) is 1. The summed E-state index contributed by atoms with van der Waals surface area (Å²) >= 11 is 0. The lowest BCUT2D eigenvalue weighted by Crippen LogP contribution is -2.35. The first-order valence-electron chi connectivity index (χ1n) is 4.32. The zero-order valence-electron chi connectivity index (χ0n) is 7.22. The van der Waals surface area contributed by atoms with Gasteiger partial charge in [0.1, 0.15) is 0 Å². The molecule has 2 fully saturated rings. The second-order valence-corrected chi connectivity index (χ2v) is 5.00. The van der Waals surface area contributed by atoms with Crippen LogP contribution in [0.4, 0.5) is 0 Å². The van der Waals surface area contributed by atoms with Gasteiger partial charge in [0.05, 0.1) is 0 Å². The predicted octanol–water partition coefficient (Wildman–Crippen LogP) is 1.88. The van der Waals surface area contributed by atoms with Crippen molar-refractivity contribution in [2.24, 2.45) is 5.41 Å². The molecule has 0 aliphatic carbocycles. The van der Waals surface area contributed by atoms with Crippen LogP contribution in [0.3, 0.4) is 0 Å². The largest absolute Gasteiger partial charge is 0.294 e. The van der Waals surface area contributed by atoms with Crippen molar-refractivity contribution in [3.63, 3.8) is 0 Å². The highest BCUT2D eigenvalue weighted by Crippen LogP contribution is 2.43. The van der Waals surface area contributed by atoms with Crippen molar-refractivity contribution < 1.29 is 0 Å². The molecule has 0 N–H and O–H groups in total. The Hall–Kier alpha value is -0.0400. The van der Waals surface area contributed by atoms with Crippen LogP contribution < -0.4 is 0 Å². The SMILES string of the molecule is CC(C)(C)CC1CC2CN21. The van der Waals surface area contributed by atoms with Gasteiger partial charge in [0.15, 0.2) is 0 Å². The second-order valence-electron chi connectivity index (χ2n) is 5.00. The van der Waals surface area contributed by atoms with E-state index in [2.05, 4.69) is 25.7 Å². The summed E-state index contributed by atoms with van der Waals surface area (Å²) in [7, 11) is 0. The first kappa shape index (κ1) is 6.66. The Bertz CT molecular complexity index is 145. The van der Waals surface area contributed by atoms with Crippen molar-refractivity contribution in [1.29, 1.82) is 0 Å². The molecule has 2 rings (SSSR count). The molecule has 58 valence electrons. The fourth-order valence-electron chi connectivity index (χ4n) is 2.07. The van der Waals surface area contributed by atoms with Gasteiger partial charge in [-0.2, -0.15) is 0 Å². The van der Waals surface area contributed by atoms with Gasteiger partial charge in [0.25, 0.3) is 0 Å². The Kier molecular flexibility index (Phi) is 1.17. The summed E-state index contributed by atoms with van der Waals surface area (Å²) in [4.78, 5) is 2.62. The Labute approximate surface area is 63.4 Å². The molecule has 1 heteroatoms. The molecule has 1 nitrogen and oxygen atoms in total. The van der Waals surface area contributed by atoms with Crippen LogP contribution in [0.5, 0.6) is 0 Å². The minimum absolute atomic E-state index is 0.540. The molecule has 3 atom stereocenters. The zero-order valence-corrected chi connectivity index (χ0v) is 7.22. The van der Waals surface area contributed by atoms with Crippen molar-refractivity contribution >= 4 is 0 Å². The second kappa shape index (κ2) is 1.76. The van der Waals surface area contributed by atoms with Gasteiger partial charge in [-0.3, -0.25) is 4.90 Å². The lowest BCUT2D eigenvalue weighted by Gasteiger charge is -2.32. The Morgan fingerprint density at radius 2 is 2.10 bits per heavy atom. The molecule has 2 aliphatic heterocycles. The van der Waals surface area contributed by atoms with Crippen LogP contribution in [0.2, 0.25) is 0 Å². The molecule has 0 aromatic carbocycles. The highest BCUT2D eigenvalue weighted by Gasteiger charge is 2.51. The molecule has 0 saturated carbocycles. The molecule has 0 bridgehead atoms. The van der Waals surface area contributed by atoms with Crippen LogP contribution in [0.25, 0.3) is 0 Å². The van der Waals surface area contributed by atoms with Crippen molar-refractivity contribution in [3.8, 4) is 0 Å². The van der Waals surface area contributed by atoms with E-state index in [1.54, 1.807) is 0 Å². The average molecular weight is 139 g/mol. The van der Waals surface area contributed by atoms with Crippen LogP contribution in [0.15, 0.2) is 0 Å². The van der Waals surface area contributed by atoms with Crippen LogP contribution in [0.1, 0.15) is 33.6 Å². The summed E-state index contributed by atoms with van der Waals surface area (Å²) < 4.78 is 0. The number of fused-ring (bicyclic) bond motifs is 1. The first-order chi connectivity index (χ1) is 4.56. The van der Waals surface area contributed by atoms with Gasteiger partial charge >= 0.3 is 0 Å². The summed E-state index contributed by atoms with van der Waals surface area (Å²) in [6.07, 6.45) is 2.88. The normalized spacial score (nSPS) is 44.1. The minimum atomic E-state index is 0.540. The molecule has 0 spiro atoms. The van der Waals surface area contributed by atoms with Crippen LogP contribution >= 0.6 is 0 Å². The summed E-state index contributed by atoms with van der Waals surface area (Å²) in [5, 5.41) is 0. The number of hydrogen-bond acceptors (Lipinski definition) is 1. The molecule has 10 heavy (non-hydrogen) atoms. The quantitative estimate of drug-likeness (QED) is 0.501. The molecule has 3 unspecified atom stereocenters. The molecule has 0 aromatic heterocycles. The molecule has 0 radical (unpaired) electrons. The molecular formula is C9H17N. The Balaban J connectivity index is 1.80. The van der Waals surface area contributed by atoms with Gasteiger partial charge in [0, 0.05) is 18.6 Å². The lowest BCUT2D eigenvalue weighted by atomic mass is 9.84. The van der Waals surface area contributed by atoms with E-state index in [4.69, 9.17) is 0 Å². The number of hydrogen-bond donors (Lipinski definition) is 0. The summed E-state index contributed by atoms with van der Waals surface area (Å²) in [5.74, 6) is 0. The zero-order chi connectivity index (χ0) is 7.35. The standard InChI is InChI=1S/C9H17N/c1-9(2,3)5-7-4-8-6-10(7)8/h7-8H,4-6H2,1-3H3. The van der Waals surface area contributed by atoms with E-state index in [1.165, 1.54) is 19.4 Å². The topological polar surface area (TPSA) is 3.01 Å². The van der Waals surface area contributed by atoms with Crippen molar-refractivity contribution in [3.05, 3.63) is 0 Å². The van der Waals surface area contributed by atoms with Crippen molar-refractivity contribution in [2.75, 3.05) is 6.54 Å². The van der Waals surface area contributed by atoms with Crippen molar-refractivity contribution in [2.45, 2.75) is 45.7 Å². The highest BCUT2D eigenvalue weighted by atomic mass is 15.4. The fourth-order valence-corrected chi connectivity index (χ4v) is 2.07. The third-order valence-corrected chi connectivity index (χ3v) is 2.62. The van der Waals surface area contributed by atoms with Gasteiger partial charge in [-0.15, -0.1) is 0 Å². The lowest BCUT2D eigenvalue weighted by molar-refractivity contribution is 0.176. The molecule has 2 aliphatic rings. The van der Waals surface area contributed by atoms with Crippen LogP contribution in [0, 0.1) is 5.41 Å². The van der Waals surface area contributed by atoms with E-state index in [-0.39, 0.29) is 0 Å². The van der Waals surface area contributed by atoms with Crippen LogP contribution in [-0.2, 0) is 0 Å². The molecule has 0 amide bonds. The highest BCUT2D eigenvalue weighted by molar-refractivity contribution is 5.07. The monoisotopic (exact) mass is 139 g/mol. The molecular weight excluding hydrogens is 122 g/mol. The van der Waals surface area contributed by atoms with E-state index >= 15 is 0 Å². The maximum atomic E-state index is 2.62. The summed E-state index contributed by atoms with van der Waals surface area (Å²) in [6, 6.07) is 1.97. The average Bonchev–Trinajstić information content (AvgIpc) is 2.33. The van der Waals surface area contributed by atoms with Crippen LogP contribution in [-0.4, -0.2) is 23.5 Å². The van der Waals surface area contributed by atoms with Gasteiger partial charge in [-0.25, -0.2) is 0 Å². The third-order valence-electron chi connectivity index (χ3n) is 2.62. The minimum Gasteiger partial charge on any atom is -0.294 e. The molecule has 0 aromatic rings. The molecule has 2 saturated heterocycles. The predicted molar refractivity (Wildman–Crippen MR) is 43.0 cm³/mol. The van der Waals surface area contributed by atoms with Gasteiger partial charge in [-0.05, 0) is 18.3 Å². The van der Waals surface area contributed by atoms with E-state index in [0.717, 1.165) is 12.1 Å². The van der Waals surface area contributed by atoms with E-state index in [9.17, 15) is 0 Å². The molecule has 2 heterocycles. The van der Waals surface area contributed by atoms with Gasteiger partial charge in [-0.1, -0.05) is 20.8 Å². The smallest absolute Gasteiger partial charge is 0.0241 e. The van der Waals surface area contributed by atoms with E-state index in [0.29, 0.717) is 5.41 Å². The van der Waals surface area contributed by atoms with Gasteiger partial charge in [0.2, 0.25) is 0 Å². The maximum absolute atomic E-state index is 2.62. The maximum Gasteiger partial charge on any atom is 0.0241 e. The third kappa shape index (κ3) is 1.07. The van der Waals surface area contributed by atoms with Crippen molar-refractivity contribution in [1.82, 2.24) is 4.90 Å². The number of rotatable bonds is 1. The van der Waals surface area contributed by atoms with Gasteiger partial charge < -0.3 is 0 Å². The van der Waals surface area contributed by atoms with E-state index in [1.807, 2.05) is 0 Å². The Morgan fingerprint density at radius 1 is 1.40 bits per heavy atom. The summed E-state index contributed by atoms with van der Waals surface area (Å²) in [5.41, 5.74) is 0.540. The fraction of sp³-hybridized carbons (Fsp3) is 1.00. The summed E-state index contributed by atoms with van der Waals surface area (Å²) in [6.45, 7) is 8.41.